The third-order valence-corrected chi connectivity index (χ3v) is 7.33. The molecule has 150 valence electrons. The number of benzene rings is 2. The summed E-state index contributed by atoms with van der Waals surface area (Å²) in [4.78, 5) is 0.221. The Balaban J connectivity index is 1.65. The van der Waals surface area contributed by atoms with Crippen LogP contribution in [0.5, 0.6) is 0 Å². The number of aromatic nitrogens is 2. The third kappa shape index (κ3) is 3.63. The molecule has 0 aliphatic carbocycles. The number of hydrogen-bond acceptors (Lipinski definition) is 3. The molecule has 1 aliphatic heterocycles. The molecule has 2 heterocycles. The quantitative estimate of drug-likeness (QED) is 0.649. The molecule has 4 rings (SSSR count). The van der Waals surface area contributed by atoms with Gasteiger partial charge in [-0.15, -0.1) is 0 Å². The summed E-state index contributed by atoms with van der Waals surface area (Å²) in [6, 6.07) is 15.8. The molecule has 0 unspecified atom stereocenters. The van der Waals surface area contributed by atoms with E-state index in [-0.39, 0.29) is 10.7 Å². The molecule has 1 aromatic heterocycles. The molecule has 0 saturated heterocycles. The minimum absolute atomic E-state index is 0.221. The number of hydrogen-bond donors (Lipinski definition) is 0. The first-order chi connectivity index (χ1) is 13.9. The SMILES string of the molecule is Cc1nn(-c2ccc(F)cc2)c(C)c1S(=O)(=O)N1CC=C(c2ccccc2)CC1. The minimum Gasteiger partial charge on any atom is -0.236 e. The fourth-order valence-corrected chi connectivity index (χ4v) is 5.48. The van der Waals surface area contributed by atoms with Crippen molar-refractivity contribution in [3.05, 3.63) is 83.4 Å². The van der Waals surface area contributed by atoms with E-state index >= 15 is 0 Å². The smallest absolute Gasteiger partial charge is 0.236 e. The van der Waals surface area contributed by atoms with Crippen molar-refractivity contribution in [2.45, 2.75) is 25.2 Å². The molecule has 0 radical (unpaired) electrons. The lowest BCUT2D eigenvalue weighted by atomic mass is 10.0. The van der Waals surface area contributed by atoms with Crippen molar-refractivity contribution in [2.24, 2.45) is 0 Å². The molecule has 29 heavy (non-hydrogen) atoms. The van der Waals surface area contributed by atoms with Gasteiger partial charge in [0.25, 0.3) is 0 Å². The summed E-state index contributed by atoms with van der Waals surface area (Å²) >= 11 is 0. The number of sulfonamides is 1. The van der Waals surface area contributed by atoms with E-state index in [1.54, 1.807) is 30.7 Å². The molecular weight excluding hydrogens is 389 g/mol. The van der Waals surface area contributed by atoms with Gasteiger partial charge in [-0.05, 0) is 55.7 Å². The molecule has 5 nitrogen and oxygen atoms in total. The number of nitrogens with zero attached hydrogens (tertiary/aromatic N) is 3. The van der Waals surface area contributed by atoms with E-state index in [1.165, 1.54) is 16.4 Å². The van der Waals surface area contributed by atoms with E-state index in [9.17, 15) is 12.8 Å². The van der Waals surface area contributed by atoms with Crippen molar-refractivity contribution in [1.29, 1.82) is 0 Å². The Morgan fingerprint density at radius 3 is 2.31 bits per heavy atom. The average molecular weight is 412 g/mol. The summed E-state index contributed by atoms with van der Waals surface area (Å²) in [6.45, 7) is 4.16. The number of halogens is 1. The van der Waals surface area contributed by atoms with E-state index in [0.717, 1.165) is 11.1 Å². The van der Waals surface area contributed by atoms with Gasteiger partial charge in [0.15, 0.2) is 0 Å². The highest BCUT2D eigenvalue weighted by atomic mass is 32.2. The third-order valence-electron chi connectivity index (χ3n) is 5.21. The summed E-state index contributed by atoms with van der Waals surface area (Å²) in [5, 5.41) is 4.41. The lowest BCUT2D eigenvalue weighted by Gasteiger charge is -2.26. The first kappa shape index (κ1) is 19.5. The maximum Gasteiger partial charge on any atom is 0.247 e. The van der Waals surface area contributed by atoms with Gasteiger partial charge in [0.2, 0.25) is 10.0 Å². The van der Waals surface area contributed by atoms with Crippen molar-refractivity contribution in [2.75, 3.05) is 13.1 Å². The van der Waals surface area contributed by atoms with E-state index in [2.05, 4.69) is 5.10 Å². The molecule has 1 aliphatic rings. The van der Waals surface area contributed by atoms with Crippen molar-refractivity contribution in [3.8, 4) is 5.69 Å². The number of rotatable bonds is 4. The summed E-state index contributed by atoms with van der Waals surface area (Å²) in [7, 11) is -3.69. The highest BCUT2D eigenvalue weighted by Crippen LogP contribution is 2.29. The molecule has 0 saturated carbocycles. The van der Waals surface area contributed by atoms with E-state index < -0.39 is 10.0 Å². The Labute approximate surface area is 170 Å². The average Bonchev–Trinajstić information content (AvgIpc) is 3.04. The monoisotopic (exact) mass is 411 g/mol. The largest absolute Gasteiger partial charge is 0.247 e. The molecule has 0 fully saturated rings. The normalized spacial score (nSPS) is 15.3. The molecule has 2 aromatic carbocycles. The van der Waals surface area contributed by atoms with Gasteiger partial charge >= 0.3 is 0 Å². The molecule has 0 spiro atoms. The van der Waals surface area contributed by atoms with Crippen LogP contribution >= 0.6 is 0 Å². The van der Waals surface area contributed by atoms with Gasteiger partial charge in [-0.25, -0.2) is 17.5 Å². The molecule has 0 amide bonds. The lowest BCUT2D eigenvalue weighted by Crippen LogP contribution is -2.35. The minimum atomic E-state index is -3.69. The van der Waals surface area contributed by atoms with Crippen molar-refractivity contribution < 1.29 is 12.8 Å². The van der Waals surface area contributed by atoms with Gasteiger partial charge < -0.3 is 0 Å². The van der Waals surface area contributed by atoms with Crippen molar-refractivity contribution in [1.82, 2.24) is 14.1 Å². The van der Waals surface area contributed by atoms with Crippen molar-refractivity contribution in [3.63, 3.8) is 0 Å². The van der Waals surface area contributed by atoms with E-state index in [4.69, 9.17) is 0 Å². The first-order valence-corrected chi connectivity index (χ1v) is 10.9. The zero-order chi connectivity index (χ0) is 20.6. The van der Waals surface area contributed by atoms with Crippen LogP contribution in [0.3, 0.4) is 0 Å². The number of aryl methyl sites for hydroxylation is 1. The molecule has 7 heteroatoms. The van der Waals surface area contributed by atoms with Crippen molar-refractivity contribution >= 4 is 15.6 Å². The summed E-state index contributed by atoms with van der Waals surface area (Å²) in [6.07, 6.45) is 2.64. The Morgan fingerprint density at radius 1 is 1.00 bits per heavy atom. The van der Waals surface area contributed by atoms with Gasteiger partial charge in [0.1, 0.15) is 10.7 Å². The van der Waals surface area contributed by atoms with Gasteiger partial charge in [0, 0.05) is 13.1 Å². The topological polar surface area (TPSA) is 55.2 Å². The van der Waals surface area contributed by atoms with Crippen LogP contribution in [0.2, 0.25) is 0 Å². The summed E-state index contributed by atoms with van der Waals surface area (Å²) < 4.78 is 43.0. The van der Waals surface area contributed by atoms with Crippen LogP contribution in [0, 0.1) is 19.7 Å². The second kappa shape index (κ2) is 7.57. The summed E-state index contributed by atoms with van der Waals surface area (Å²) in [5.41, 5.74) is 3.86. The zero-order valence-corrected chi connectivity index (χ0v) is 17.2. The zero-order valence-electron chi connectivity index (χ0n) is 16.3. The van der Waals surface area contributed by atoms with Crippen LogP contribution in [-0.4, -0.2) is 35.6 Å². The lowest BCUT2D eigenvalue weighted by molar-refractivity contribution is 0.440. The van der Waals surface area contributed by atoms with E-state index in [1.807, 2.05) is 36.4 Å². The molecular formula is C22H22FN3O2S. The maximum atomic E-state index is 13.4. The second-order valence-corrected chi connectivity index (χ2v) is 8.97. The van der Waals surface area contributed by atoms with Gasteiger partial charge in [-0.2, -0.15) is 9.40 Å². The van der Waals surface area contributed by atoms with E-state index in [0.29, 0.717) is 36.6 Å². The van der Waals surface area contributed by atoms with Crippen LogP contribution in [0.4, 0.5) is 4.39 Å². The van der Waals surface area contributed by atoms with Gasteiger partial charge in [-0.3, -0.25) is 0 Å². The van der Waals surface area contributed by atoms with Crippen LogP contribution in [0.1, 0.15) is 23.4 Å². The van der Waals surface area contributed by atoms with Crippen LogP contribution in [0.15, 0.2) is 65.6 Å². The second-order valence-electron chi connectivity index (χ2n) is 7.10. The van der Waals surface area contributed by atoms with Crippen LogP contribution in [-0.2, 0) is 10.0 Å². The predicted octanol–water partition coefficient (Wildman–Crippen LogP) is 4.11. The Kier molecular flexibility index (Phi) is 5.10. The molecule has 0 N–H and O–H groups in total. The Morgan fingerprint density at radius 2 is 1.69 bits per heavy atom. The fraction of sp³-hybridized carbons (Fsp3) is 0.227. The fourth-order valence-electron chi connectivity index (χ4n) is 3.75. The first-order valence-electron chi connectivity index (χ1n) is 9.44. The summed E-state index contributed by atoms with van der Waals surface area (Å²) in [5.74, 6) is -0.350. The van der Waals surface area contributed by atoms with Crippen LogP contribution < -0.4 is 0 Å². The van der Waals surface area contributed by atoms with Gasteiger partial charge in [-0.1, -0.05) is 36.4 Å². The molecule has 0 atom stereocenters. The van der Waals surface area contributed by atoms with Gasteiger partial charge in [0.05, 0.1) is 17.1 Å². The van der Waals surface area contributed by atoms with Crippen LogP contribution in [0.25, 0.3) is 11.3 Å². The highest BCUT2D eigenvalue weighted by molar-refractivity contribution is 7.89. The highest BCUT2D eigenvalue weighted by Gasteiger charge is 2.32. The molecule has 3 aromatic rings. The maximum absolute atomic E-state index is 13.4. The molecule has 0 bridgehead atoms. The standard InChI is InChI=1S/C22H22FN3O2S/c1-16-22(17(2)26(24-16)21-10-8-20(23)9-11-21)29(27,28)25-14-12-19(13-15-25)18-6-4-3-5-7-18/h3-12H,13-15H2,1-2H3. The predicted molar refractivity (Wildman–Crippen MR) is 111 cm³/mol. The Bertz CT molecular complexity index is 1170. The Hall–Kier alpha value is -2.77.